The molecule has 0 saturated heterocycles. The molecule has 0 bridgehead atoms. The summed E-state index contributed by atoms with van der Waals surface area (Å²) in [6.07, 6.45) is 0. The van der Waals surface area contributed by atoms with E-state index < -0.39 is 0 Å². The van der Waals surface area contributed by atoms with Gasteiger partial charge in [0.25, 0.3) is 5.91 Å². The molecule has 0 N–H and O–H groups in total. The molecule has 0 fully saturated rings. The van der Waals surface area contributed by atoms with Crippen molar-refractivity contribution in [2.45, 2.75) is 13.8 Å². The molecule has 5 nitrogen and oxygen atoms in total. The SMILES string of the molecule is CCN(C(=O)c1cc(OC)cc(OC)c1)c1nc2c(C)cccc2s1. The highest BCUT2D eigenvalue weighted by molar-refractivity contribution is 7.22. The largest absolute Gasteiger partial charge is 0.497 e. The maximum absolute atomic E-state index is 13.1. The van der Waals surface area contributed by atoms with E-state index in [1.165, 1.54) is 11.3 Å². The van der Waals surface area contributed by atoms with Gasteiger partial charge in [-0.15, -0.1) is 0 Å². The van der Waals surface area contributed by atoms with Crippen LogP contribution in [0.5, 0.6) is 11.5 Å². The van der Waals surface area contributed by atoms with Gasteiger partial charge < -0.3 is 9.47 Å². The molecule has 1 amide bonds. The standard InChI is InChI=1S/C19H20N2O3S/c1-5-21(19-20-17-12(2)7-6-8-16(17)25-19)18(22)13-9-14(23-3)11-15(10-13)24-4/h6-11H,5H2,1-4H3. The fourth-order valence-electron chi connectivity index (χ4n) is 2.64. The highest BCUT2D eigenvalue weighted by Crippen LogP contribution is 2.32. The van der Waals surface area contributed by atoms with Crippen LogP contribution in [0, 0.1) is 6.92 Å². The third-order valence-electron chi connectivity index (χ3n) is 4.00. The summed E-state index contributed by atoms with van der Waals surface area (Å²) in [4.78, 5) is 19.4. The molecule has 0 atom stereocenters. The topological polar surface area (TPSA) is 51.7 Å². The second-order valence-electron chi connectivity index (χ2n) is 5.57. The molecule has 25 heavy (non-hydrogen) atoms. The summed E-state index contributed by atoms with van der Waals surface area (Å²) in [5.41, 5.74) is 2.55. The fourth-order valence-corrected chi connectivity index (χ4v) is 3.75. The van der Waals surface area contributed by atoms with Crippen LogP contribution in [-0.2, 0) is 0 Å². The van der Waals surface area contributed by atoms with Gasteiger partial charge >= 0.3 is 0 Å². The van der Waals surface area contributed by atoms with Gasteiger partial charge in [-0.2, -0.15) is 0 Å². The van der Waals surface area contributed by atoms with E-state index in [0.717, 1.165) is 15.8 Å². The maximum atomic E-state index is 13.1. The van der Waals surface area contributed by atoms with E-state index >= 15 is 0 Å². The summed E-state index contributed by atoms with van der Waals surface area (Å²) >= 11 is 1.52. The van der Waals surface area contributed by atoms with E-state index in [1.54, 1.807) is 37.3 Å². The van der Waals surface area contributed by atoms with Crippen molar-refractivity contribution >= 4 is 32.6 Å². The third kappa shape index (κ3) is 3.30. The Kier molecular flexibility index (Phi) is 4.90. The molecule has 130 valence electrons. The van der Waals surface area contributed by atoms with Crippen LogP contribution in [0.1, 0.15) is 22.8 Å². The molecule has 0 unspecified atom stereocenters. The number of carbonyl (C=O) groups excluding carboxylic acids is 1. The number of benzene rings is 2. The zero-order chi connectivity index (χ0) is 18.0. The maximum Gasteiger partial charge on any atom is 0.260 e. The lowest BCUT2D eigenvalue weighted by molar-refractivity contribution is 0.0987. The van der Waals surface area contributed by atoms with E-state index in [4.69, 9.17) is 9.47 Å². The minimum atomic E-state index is -0.128. The van der Waals surface area contributed by atoms with Crippen LogP contribution in [0.15, 0.2) is 36.4 Å². The van der Waals surface area contributed by atoms with Crippen molar-refractivity contribution in [3.05, 3.63) is 47.5 Å². The van der Waals surface area contributed by atoms with Crippen LogP contribution in [0.25, 0.3) is 10.2 Å². The Morgan fingerprint density at radius 2 is 1.84 bits per heavy atom. The monoisotopic (exact) mass is 356 g/mol. The van der Waals surface area contributed by atoms with Crippen LogP contribution in [0.4, 0.5) is 5.13 Å². The summed E-state index contributed by atoms with van der Waals surface area (Å²) in [6, 6.07) is 11.2. The first-order valence-electron chi connectivity index (χ1n) is 7.98. The minimum absolute atomic E-state index is 0.128. The minimum Gasteiger partial charge on any atom is -0.497 e. The summed E-state index contributed by atoms with van der Waals surface area (Å²) in [7, 11) is 3.13. The average molecular weight is 356 g/mol. The van der Waals surface area contributed by atoms with Gasteiger partial charge in [0, 0.05) is 18.2 Å². The zero-order valence-electron chi connectivity index (χ0n) is 14.7. The third-order valence-corrected chi connectivity index (χ3v) is 5.04. The van der Waals surface area contributed by atoms with E-state index in [2.05, 4.69) is 4.98 Å². The number of fused-ring (bicyclic) bond motifs is 1. The Morgan fingerprint density at radius 1 is 1.16 bits per heavy atom. The number of carbonyl (C=O) groups is 1. The van der Waals surface area contributed by atoms with Gasteiger partial charge in [-0.05, 0) is 37.6 Å². The number of aryl methyl sites for hydroxylation is 1. The van der Waals surface area contributed by atoms with Gasteiger partial charge in [0.1, 0.15) is 11.5 Å². The predicted molar refractivity (Wildman–Crippen MR) is 101 cm³/mol. The number of ether oxygens (including phenoxy) is 2. The quantitative estimate of drug-likeness (QED) is 0.684. The van der Waals surface area contributed by atoms with Crippen LogP contribution in [0.2, 0.25) is 0 Å². The first kappa shape index (κ1) is 17.2. The normalized spacial score (nSPS) is 10.7. The van der Waals surface area contributed by atoms with Crippen molar-refractivity contribution < 1.29 is 14.3 Å². The van der Waals surface area contributed by atoms with E-state index in [9.17, 15) is 4.79 Å². The van der Waals surface area contributed by atoms with Gasteiger partial charge in [-0.25, -0.2) is 4.98 Å². The molecule has 0 aliphatic heterocycles. The van der Waals surface area contributed by atoms with E-state index in [1.807, 2.05) is 32.0 Å². The molecule has 1 heterocycles. The summed E-state index contributed by atoms with van der Waals surface area (Å²) in [5, 5.41) is 0.693. The second kappa shape index (κ2) is 7.11. The molecule has 3 aromatic rings. The molecule has 0 spiro atoms. The van der Waals surface area contributed by atoms with Crippen molar-refractivity contribution in [1.82, 2.24) is 4.98 Å². The first-order chi connectivity index (χ1) is 12.1. The summed E-state index contributed by atoms with van der Waals surface area (Å²) in [5.74, 6) is 1.04. The number of amides is 1. The van der Waals surface area contributed by atoms with Gasteiger partial charge in [0.05, 0.1) is 24.4 Å². The molecule has 0 aliphatic carbocycles. The lowest BCUT2D eigenvalue weighted by atomic mass is 10.1. The molecule has 0 radical (unpaired) electrons. The number of hydrogen-bond donors (Lipinski definition) is 0. The number of thiazole rings is 1. The van der Waals surface area contributed by atoms with Crippen molar-refractivity contribution in [2.24, 2.45) is 0 Å². The van der Waals surface area contributed by atoms with Crippen molar-refractivity contribution in [1.29, 1.82) is 0 Å². The number of para-hydroxylation sites is 1. The molecular weight excluding hydrogens is 336 g/mol. The number of methoxy groups -OCH3 is 2. The Hall–Kier alpha value is -2.60. The number of hydrogen-bond acceptors (Lipinski definition) is 5. The molecule has 2 aromatic carbocycles. The van der Waals surface area contributed by atoms with Gasteiger partial charge in [-0.1, -0.05) is 23.5 Å². The van der Waals surface area contributed by atoms with E-state index in [-0.39, 0.29) is 5.91 Å². The zero-order valence-corrected chi connectivity index (χ0v) is 15.5. The highest BCUT2D eigenvalue weighted by Gasteiger charge is 2.21. The van der Waals surface area contributed by atoms with Crippen molar-refractivity contribution in [2.75, 3.05) is 25.7 Å². The molecular formula is C19H20N2O3S. The Morgan fingerprint density at radius 3 is 2.40 bits per heavy atom. The summed E-state index contributed by atoms with van der Waals surface area (Å²) < 4.78 is 11.6. The fraction of sp³-hybridized carbons (Fsp3) is 0.263. The Bertz CT molecular complexity index is 898. The second-order valence-corrected chi connectivity index (χ2v) is 6.58. The number of anilines is 1. The first-order valence-corrected chi connectivity index (χ1v) is 8.80. The number of aromatic nitrogens is 1. The van der Waals surface area contributed by atoms with Gasteiger partial charge in [0.15, 0.2) is 5.13 Å². The van der Waals surface area contributed by atoms with Gasteiger partial charge in [-0.3, -0.25) is 9.69 Å². The highest BCUT2D eigenvalue weighted by atomic mass is 32.1. The smallest absolute Gasteiger partial charge is 0.260 e. The van der Waals surface area contributed by atoms with Crippen LogP contribution >= 0.6 is 11.3 Å². The number of rotatable bonds is 5. The van der Waals surface area contributed by atoms with Crippen molar-refractivity contribution in [3.63, 3.8) is 0 Å². The Labute approximate surface area is 150 Å². The van der Waals surface area contributed by atoms with Crippen LogP contribution < -0.4 is 14.4 Å². The molecule has 1 aromatic heterocycles. The summed E-state index contributed by atoms with van der Waals surface area (Å²) in [6.45, 7) is 4.49. The molecule has 0 saturated carbocycles. The molecule has 6 heteroatoms. The van der Waals surface area contributed by atoms with Crippen LogP contribution in [0.3, 0.4) is 0 Å². The lowest BCUT2D eigenvalue weighted by Gasteiger charge is -2.18. The number of nitrogens with zero attached hydrogens (tertiary/aromatic N) is 2. The predicted octanol–water partition coefficient (Wildman–Crippen LogP) is 4.29. The van der Waals surface area contributed by atoms with Crippen molar-refractivity contribution in [3.8, 4) is 11.5 Å². The lowest BCUT2D eigenvalue weighted by Crippen LogP contribution is -2.30. The molecule has 3 rings (SSSR count). The molecule has 0 aliphatic rings. The van der Waals surface area contributed by atoms with Gasteiger partial charge in [0.2, 0.25) is 0 Å². The average Bonchev–Trinajstić information content (AvgIpc) is 3.07. The van der Waals surface area contributed by atoms with Crippen LogP contribution in [-0.4, -0.2) is 31.7 Å². The van der Waals surface area contributed by atoms with E-state index in [0.29, 0.717) is 28.7 Å². The Balaban J connectivity index is 2.02.